The van der Waals surface area contributed by atoms with Gasteiger partial charge < -0.3 is 14.6 Å². The number of fused-ring (bicyclic) bond motifs is 1. The normalized spacial score (nSPS) is 14.9. The monoisotopic (exact) mass is 416 g/mol. The third-order valence-corrected chi connectivity index (χ3v) is 5.27. The average molecular weight is 416 g/mol. The molecule has 1 aromatic carbocycles. The van der Waals surface area contributed by atoms with Crippen molar-refractivity contribution < 1.29 is 28.2 Å². The fourth-order valence-electron chi connectivity index (χ4n) is 3.52. The van der Waals surface area contributed by atoms with Gasteiger partial charge in [-0.25, -0.2) is 4.98 Å². The summed E-state index contributed by atoms with van der Waals surface area (Å²) in [4.78, 5) is 17.1. The van der Waals surface area contributed by atoms with Crippen LogP contribution in [0.3, 0.4) is 0 Å². The van der Waals surface area contributed by atoms with E-state index in [1.165, 1.54) is 13.2 Å². The summed E-state index contributed by atoms with van der Waals surface area (Å²) >= 11 is 0. The summed E-state index contributed by atoms with van der Waals surface area (Å²) in [5.41, 5.74) is 2.47. The molecule has 1 atom stereocenters. The van der Waals surface area contributed by atoms with Crippen LogP contribution in [0.1, 0.15) is 48.2 Å². The summed E-state index contributed by atoms with van der Waals surface area (Å²) in [6.07, 6.45) is 4.91. The fraction of sp³-hybridized carbons (Fsp3) is 0.364. The first-order valence-corrected chi connectivity index (χ1v) is 9.73. The number of aliphatic hydroxyl groups is 1. The van der Waals surface area contributed by atoms with Crippen molar-refractivity contribution in [1.29, 1.82) is 0 Å². The molecule has 2 aromatic heterocycles. The molecular weight excluding hydrogens is 394 g/mol. The molecule has 1 aliphatic rings. The standard InChI is InChI=1S/C22H22F2N2O4/c1-12(27)14-5-6-26-16(11-25-20(26)10-14)15-8-18(29-2)21(17(28)7-13-3-4-13)19(9-15)30-22(23)24/h5-6,8-13,22,27H,3-4,7H2,1-2H3. The molecule has 0 aliphatic heterocycles. The largest absolute Gasteiger partial charge is 0.496 e. The molecule has 6 nitrogen and oxygen atoms in total. The van der Waals surface area contributed by atoms with Crippen molar-refractivity contribution in [3.05, 3.63) is 47.8 Å². The Bertz CT molecular complexity index is 1090. The van der Waals surface area contributed by atoms with Gasteiger partial charge in [-0.1, -0.05) is 0 Å². The number of imidazole rings is 1. The van der Waals surface area contributed by atoms with E-state index >= 15 is 0 Å². The number of benzene rings is 1. The van der Waals surface area contributed by atoms with Crippen molar-refractivity contribution in [2.45, 2.75) is 38.9 Å². The number of pyridine rings is 1. The van der Waals surface area contributed by atoms with E-state index < -0.39 is 12.7 Å². The molecule has 8 heteroatoms. The van der Waals surface area contributed by atoms with Crippen molar-refractivity contribution >= 4 is 11.4 Å². The minimum absolute atomic E-state index is 0.0404. The van der Waals surface area contributed by atoms with Gasteiger partial charge in [-0.3, -0.25) is 9.20 Å². The summed E-state index contributed by atoms with van der Waals surface area (Å²) in [7, 11) is 1.39. The molecule has 30 heavy (non-hydrogen) atoms. The Hall–Kier alpha value is -3.00. The number of nitrogens with zero attached hydrogens (tertiary/aromatic N) is 2. The molecule has 3 aromatic rings. The van der Waals surface area contributed by atoms with Crippen LogP contribution in [-0.2, 0) is 0 Å². The van der Waals surface area contributed by atoms with E-state index in [-0.39, 0.29) is 29.3 Å². The molecule has 0 radical (unpaired) electrons. The van der Waals surface area contributed by atoms with Gasteiger partial charge in [0.05, 0.1) is 25.1 Å². The van der Waals surface area contributed by atoms with Gasteiger partial charge in [-0.2, -0.15) is 8.78 Å². The van der Waals surface area contributed by atoms with Gasteiger partial charge in [0.2, 0.25) is 0 Å². The van der Waals surface area contributed by atoms with Gasteiger partial charge in [0.15, 0.2) is 5.78 Å². The van der Waals surface area contributed by atoms with Crippen LogP contribution in [0.25, 0.3) is 16.9 Å². The van der Waals surface area contributed by atoms with Crippen LogP contribution in [0.2, 0.25) is 0 Å². The number of carbonyl (C=O) groups excluding carboxylic acids is 1. The van der Waals surface area contributed by atoms with Crippen LogP contribution in [0.15, 0.2) is 36.7 Å². The van der Waals surface area contributed by atoms with Crippen molar-refractivity contribution in [3.63, 3.8) is 0 Å². The van der Waals surface area contributed by atoms with Gasteiger partial charge in [-0.15, -0.1) is 0 Å². The molecule has 4 rings (SSSR count). The molecule has 0 amide bonds. The Morgan fingerprint density at radius 1 is 1.30 bits per heavy atom. The van der Waals surface area contributed by atoms with Crippen LogP contribution in [-0.4, -0.2) is 34.0 Å². The van der Waals surface area contributed by atoms with Crippen molar-refractivity contribution in [2.75, 3.05) is 7.11 Å². The van der Waals surface area contributed by atoms with Crippen molar-refractivity contribution in [1.82, 2.24) is 9.38 Å². The number of ether oxygens (including phenoxy) is 2. The minimum Gasteiger partial charge on any atom is -0.496 e. The van der Waals surface area contributed by atoms with E-state index in [0.717, 1.165) is 12.8 Å². The second kappa shape index (κ2) is 8.02. The number of rotatable bonds is 8. The second-order valence-corrected chi connectivity index (χ2v) is 7.51. The van der Waals surface area contributed by atoms with E-state index in [2.05, 4.69) is 4.98 Å². The summed E-state index contributed by atoms with van der Waals surface area (Å²) in [5, 5.41) is 9.77. The predicted octanol–water partition coefficient (Wildman–Crippen LogP) is 4.65. The highest BCUT2D eigenvalue weighted by atomic mass is 19.3. The maximum Gasteiger partial charge on any atom is 0.387 e. The number of halogens is 2. The average Bonchev–Trinajstić information content (AvgIpc) is 3.41. The number of carbonyl (C=O) groups is 1. The van der Waals surface area contributed by atoms with Crippen LogP contribution in [0.4, 0.5) is 8.78 Å². The third kappa shape index (κ3) is 4.00. The molecule has 158 valence electrons. The topological polar surface area (TPSA) is 73.1 Å². The van der Waals surface area contributed by atoms with Gasteiger partial charge in [0, 0.05) is 18.2 Å². The Balaban J connectivity index is 1.82. The van der Waals surface area contributed by atoms with Crippen molar-refractivity contribution in [3.8, 4) is 22.8 Å². The number of hydrogen-bond acceptors (Lipinski definition) is 5. The Labute approximate surface area is 172 Å². The molecule has 0 saturated heterocycles. The first kappa shape index (κ1) is 20.3. The van der Waals surface area contributed by atoms with Crippen molar-refractivity contribution in [2.24, 2.45) is 5.92 Å². The van der Waals surface area contributed by atoms with Crippen LogP contribution in [0, 0.1) is 5.92 Å². The lowest BCUT2D eigenvalue weighted by Gasteiger charge is -2.16. The molecule has 1 N–H and O–H groups in total. The first-order valence-electron chi connectivity index (χ1n) is 9.73. The summed E-state index contributed by atoms with van der Waals surface area (Å²) in [5.74, 6) is 0.00402. The number of Topliss-reactive ketones (excluding diaryl/α,β-unsaturated/α-hetero) is 1. The lowest BCUT2D eigenvalue weighted by molar-refractivity contribution is -0.0502. The highest BCUT2D eigenvalue weighted by Crippen LogP contribution is 2.40. The smallest absolute Gasteiger partial charge is 0.387 e. The quantitative estimate of drug-likeness (QED) is 0.541. The van der Waals surface area contributed by atoms with Crippen LogP contribution in [0.5, 0.6) is 11.5 Å². The Morgan fingerprint density at radius 3 is 2.67 bits per heavy atom. The maximum atomic E-state index is 13.1. The molecular formula is C22H22F2N2O4. The Kier molecular flexibility index (Phi) is 5.42. The molecule has 1 aliphatic carbocycles. The Morgan fingerprint density at radius 2 is 2.03 bits per heavy atom. The number of aromatic nitrogens is 2. The molecule has 1 fully saturated rings. The van der Waals surface area contributed by atoms with Crippen LogP contribution < -0.4 is 9.47 Å². The highest BCUT2D eigenvalue weighted by molar-refractivity contribution is 6.02. The fourth-order valence-corrected chi connectivity index (χ4v) is 3.52. The predicted molar refractivity (Wildman–Crippen MR) is 106 cm³/mol. The minimum atomic E-state index is -3.08. The van der Waals surface area contributed by atoms with E-state index in [0.29, 0.717) is 28.4 Å². The zero-order chi connectivity index (χ0) is 21.4. The van der Waals surface area contributed by atoms with Gasteiger partial charge >= 0.3 is 6.61 Å². The van der Waals surface area contributed by atoms with Gasteiger partial charge in [0.1, 0.15) is 22.7 Å². The number of aliphatic hydroxyl groups excluding tert-OH is 1. The maximum absolute atomic E-state index is 13.1. The summed E-state index contributed by atoms with van der Waals surface area (Å²) < 4.78 is 38.1. The van der Waals surface area contributed by atoms with Gasteiger partial charge in [0.25, 0.3) is 0 Å². The second-order valence-electron chi connectivity index (χ2n) is 7.51. The van der Waals surface area contributed by atoms with E-state index in [9.17, 15) is 18.7 Å². The number of alkyl halides is 2. The van der Waals surface area contributed by atoms with Crippen LogP contribution >= 0.6 is 0 Å². The molecule has 1 unspecified atom stereocenters. The molecule has 0 spiro atoms. The molecule has 0 bridgehead atoms. The summed E-state index contributed by atoms with van der Waals surface area (Å²) in [6, 6.07) is 6.55. The lowest BCUT2D eigenvalue weighted by Crippen LogP contribution is -2.11. The van der Waals surface area contributed by atoms with E-state index in [4.69, 9.17) is 9.47 Å². The van der Waals surface area contributed by atoms with E-state index in [1.54, 1.807) is 41.9 Å². The highest BCUT2D eigenvalue weighted by Gasteiger charge is 2.29. The lowest BCUT2D eigenvalue weighted by atomic mass is 10.00. The van der Waals surface area contributed by atoms with E-state index in [1.807, 2.05) is 0 Å². The number of hydrogen-bond donors (Lipinski definition) is 1. The zero-order valence-corrected chi connectivity index (χ0v) is 16.6. The SMILES string of the molecule is COc1cc(-c2cnc3cc(C(C)O)ccn23)cc(OC(F)F)c1C(=O)CC1CC1. The number of ketones is 1. The van der Waals surface area contributed by atoms with Gasteiger partial charge in [-0.05, 0) is 55.5 Å². The first-order chi connectivity index (χ1) is 14.4. The number of methoxy groups -OCH3 is 1. The molecule has 1 saturated carbocycles. The summed E-state index contributed by atoms with van der Waals surface area (Å²) in [6.45, 7) is -1.42. The third-order valence-electron chi connectivity index (χ3n) is 5.27. The molecule has 2 heterocycles. The zero-order valence-electron chi connectivity index (χ0n) is 16.6.